The zero-order valence-corrected chi connectivity index (χ0v) is 30.7. The van der Waals surface area contributed by atoms with Crippen molar-refractivity contribution in [2.24, 2.45) is 11.3 Å². The first-order valence-electron chi connectivity index (χ1n) is 17.7. The molecule has 10 nitrogen and oxygen atoms in total. The van der Waals surface area contributed by atoms with Crippen molar-refractivity contribution in [3.8, 4) is 40.0 Å². The van der Waals surface area contributed by atoms with Gasteiger partial charge in [-0.05, 0) is 48.1 Å². The van der Waals surface area contributed by atoms with Gasteiger partial charge in [-0.25, -0.2) is 4.98 Å². The number of methoxy groups -OCH3 is 2. The van der Waals surface area contributed by atoms with E-state index in [4.69, 9.17) is 42.4 Å². The minimum absolute atomic E-state index is 0.170. The number of aromatic nitrogens is 2. The molecule has 1 atom stereocenters. The lowest BCUT2D eigenvalue weighted by Gasteiger charge is -2.48. The van der Waals surface area contributed by atoms with Crippen LogP contribution in [0.1, 0.15) is 54.0 Å². The first-order valence-corrected chi connectivity index (χ1v) is 18.4. The van der Waals surface area contributed by atoms with Crippen LogP contribution in [0.5, 0.6) is 17.6 Å². The topological polar surface area (TPSA) is 114 Å². The van der Waals surface area contributed by atoms with E-state index in [0.717, 1.165) is 83.5 Å². The summed E-state index contributed by atoms with van der Waals surface area (Å²) in [5.74, 6) is 0.532. The van der Waals surface area contributed by atoms with Gasteiger partial charge in [-0.2, -0.15) is 4.98 Å². The Balaban J connectivity index is 0.998. The third-order valence-electron chi connectivity index (χ3n) is 11.1. The number of rotatable bonds is 11. The van der Waals surface area contributed by atoms with Crippen molar-refractivity contribution in [2.45, 2.75) is 51.3 Å². The highest BCUT2D eigenvalue weighted by atomic mass is 35.5. The molecule has 2 aliphatic heterocycles. The Hall–Kier alpha value is -4.22. The van der Waals surface area contributed by atoms with Gasteiger partial charge in [0, 0.05) is 79.8 Å². The fourth-order valence-electron chi connectivity index (χ4n) is 8.47. The van der Waals surface area contributed by atoms with Gasteiger partial charge in [0.1, 0.15) is 16.9 Å². The highest BCUT2D eigenvalue weighted by Gasteiger charge is 2.47. The molecule has 52 heavy (non-hydrogen) atoms. The van der Waals surface area contributed by atoms with Crippen LogP contribution in [0.3, 0.4) is 0 Å². The largest absolute Gasteiger partial charge is 0.481 e. The lowest BCUT2D eigenvalue weighted by Crippen LogP contribution is -2.54. The molecule has 4 aromatic rings. The maximum absolute atomic E-state index is 11.9. The Morgan fingerprint density at radius 2 is 1.60 bits per heavy atom. The highest BCUT2D eigenvalue weighted by molar-refractivity contribution is 6.36. The summed E-state index contributed by atoms with van der Waals surface area (Å²) in [7, 11) is 3.20. The van der Waals surface area contributed by atoms with Crippen molar-refractivity contribution in [2.75, 3.05) is 40.4 Å². The summed E-state index contributed by atoms with van der Waals surface area (Å²) in [5, 5.41) is 10.2. The minimum Gasteiger partial charge on any atom is -0.481 e. The molecule has 12 heteroatoms. The number of aliphatic carboxylic acids is 1. The van der Waals surface area contributed by atoms with Crippen LogP contribution in [0.15, 0.2) is 54.6 Å². The number of nitrogens with zero attached hydrogens (tertiary/aromatic N) is 4. The van der Waals surface area contributed by atoms with Gasteiger partial charge < -0.3 is 19.3 Å². The Morgan fingerprint density at radius 1 is 0.885 bits per heavy atom. The van der Waals surface area contributed by atoms with Crippen molar-refractivity contribution in [1.82, 2.24) is 19.8 Å². The summed E-state index contributed by atoms with van der Waals surface area (Å²) in [4.78, 5) is 37.0. The number of Topliss-reactive ketones (excluding diaryl/α,β-unsaturated/α-hetero) is 1. The number of likely N-dealkylation sites (tertiary alicyclic amines) is 2. The van der Waals surface area contributed by atoms with Gasteiger partial charge in [-0.15, -0.1) is 0 Å². The maximum atomic E-state index is 11.9. The van der Waals surface area contributed by atoms with Gasteiger partial charge in [0.2, 0.25) is 17.6 Å². The third-order valence-corrected chi connectivity index (χ3v) is 11.7. The molecule has 2 aromatic heterocycles. The highest BCUT2D eigenvalue weighted by Crippen LogP contribution is 2.46. The molecule has 4 heterocycles. The van der Waals surface area contributed by atoms with Crippen LogP contribution in [0.4, 0.5) is 0 Å². The molecule has 2 aromatic carbocycles. The molecular formula is C40H40Cl2N4O6. The molecule has 8 rings (SSSR count). The Bertz CT molecular complexity index is 2060. The molecule has 3 fully saturated rings. The molecular weight excluding hydrogens is 703 g/mol. The van der Waals surface area contributed by atoms with Crippen LogP contribution >= 0.6 is 23.2 Å². The van der Waals surface area contributed by atoms with E-state index in [0.29, 0.717) is 65.9 Å². The number of pyridine rings is 2. The summed E-state index contributed by atoms with van der Waals surface area (Å²) >= 11 is 13.9. The van der Waals surface area contributed by atoms with Gasteiger partial charge in [-0.1, -0.05) is 65.7 Å². The summed E-state index contributed by atoms with van der Waals surface area (Å²) in [6.07, 6.45) is 3.68. The van der Waals surface area contributed by atoms with Crippen LogP contribution in [-0.2, 0) is 29.1 Å². The fraction of sp³-hybridized carbons (Fsp3) is 0.400. The summed E-state index contributed by atoms with van der Waals surface area (Å²) < 4.78 is 17.8. The van der Waals surface area contributed by atoms with E-state index in [2.05, 4.69) is 28.1 Å². The molecule has 0 bridgehead atoms. The smallest absolute Gasteiger partial charge is 0.309 e. The van der Waals surface area contributed by atoms with Gasteiger partial charge in [0.05, 0.1) is 30.9 Å². The quantitative estimate of drug-likeness (QED) is 0.168. The lowest BCUT2D eigenvalue weighted by molar-refractivity contribution is -0.147. The fourth-order valence-corrected chi connectivity index (χ4v) is 9.01. The number of ether oxygens (including phenoxy) is 3. The van der Waals surface area contributed by atoms with Gasteiger partial charge >= 0.3 is 5.97 Å². The molecule has 0 radical (unpaired) electrons. The standard InChI is InChI=1S/C40H40Cl2N4O6/c1-50-36-23(17-46-21-40(22-46)14-13-26(47)16-40)9-11-33(43-36)31-8-4-7-30(35(31)42)27-5-3-6-29-28(27)10-12-34(29)52-38-32(41)15-24(37(44-38)51-2)18-45-19-25(20-45)39(48)49/h3-9,11,15,25,34H,10,12-14,16-22H2,1-2H3,(H,48,49)/t34-/m0/s1. The second kappa shape index (κ2) is 14.0. The predicted molar refractivity (Wildman–Crippen MR) is 197 cm³/mol. The Kier molecular flexibility index (Phi) is 9.36. The number of carboxylic acid groups (broad SMARTS) is 1. The van der Waals surface area contributed by atoms with Gasteiger partial charge in [-0.3, -0.25) is 19.4 Å². The molecule has 1 saturated carbocycles. The Morgan fingerprint density at radius 3 is 2.33 bits per heavy atom. The molecule has 270 valence electrons. The molecule has 2 aliphatic carbocycles. The number of benzene rings is 2. The van der Waals surface area contributed by atoms with E-state index in [1.54, 1.807) is 20.3 Å². The van der Waals surface area contributed by atoms with Crippen LogP contribution < -0.4 is 14.2 Å². The van der Waals surface area contributed by atoms with Crippen molar-refractivity contribution in [3.63, 3.8) is 0 Å². The second-order valence-corrected chi connectivity index (χ2v) is 15.4. The third kappa shape index (κ3) is 6.51. The number of fused-ring (bicyclic) bond motifs is 1. The summed E-state index contributed by atoms with van der Waals surface area (Å²) in [6, 6.07) is 18.1. The number of hydrogen-bond donors (Lipinski definition) is 1. The average Bonchev–Trinajstić information content (AvgIpc) is 3.70. The first-order chi connectivity index (χ1) is 25.1. The van der Waals surface area contributed by atoms with Crippen LogP contribution in [0.2, 0.25) is 10.0 Å². The van der Waals surface area contributed by atoms with Crippen LogP contribution in [-0.4, -0.2) is 77.0 Å². The second-order valence-electron chi connectivity index (χ2n) is 14.6. The predicted octanol–water partition coefficient (Wildman–Crippen LogP) is 7.27. The molecule has 2 saturated heterocycles. The van der Waals surface area contributed by atoms with E-state index >= 15 is 0 Å². The first kappa shape index (κ1) is 34.8. The van der Waals surface area contributed by atoms with Crippen molar-refractivity contribution in [1.29, 1.82) is 0 Å². The Labute approximate surface area is 312 Å². The lowest BCUT2D eigenvalue weighted by atomic mass is 9.78. The normalized spacial score (nSPS) is 19.7. The maximum Gasteiger partial charge on any atom is 0.309 e. The molecule has 4 aliphatic rings. The van der Waals surface area contributed by atoms with Crippen LogP contribution in [0, 0.1) is 11.3 Å². The van der Waals surface area contributed by atoms with Gasteiger partial charge in [0.15, 0.2) is 0 Å². The zero-order chi connectivity index (χ0) is 36.1. The number of ketones is 1. The van der Waals surface area contributed by atoms with E-state index in [9.17, 15) is 14.7 Å². The molecule has 1 N–H and O–H groups in total. The number of carboxylic acids is 1. The molecule has 0 unspecified atom stereocenters. The number of halogens is 2. The molecule has 1 spiro atoms. The van der Waals surface area contributed by atoms with Gasteiger partial charge in [0.25, 0.3) is 0 Å². The van der Waals surface area contributed by atoms with E-state index in [-0.39, 0.29) is 17.4 Å². The summed E-state index contributed by atoms with van der Waals surface area (Å²) in [6.45, 7) is 4.04. The monoisotopic (exact) mass is 742 g/mol. The zero-order valence-electron chi connectivity index (χ0n) is 29.2. The molecule has 0 amide bonds. The van der Waals surface area contributed by atoms with Crippen molar-refractivity contribution < 1.29 is 28.9 Å². The van der Waals surface area contributed by atoms with E-state index in [1.807, 2.05) is 35.2 Å². The van der Waals surface area contributed by atoms with Crippen molar-refractivity contribution >= 4 is 35.0 Å². The SMILES string of the molecule is COc1nc(-c2cccc(-c3cccc4c3CC[C@@H]4Oc3nc(OC)c(CN4CC(C(=O)O)C4)cc3Cl)c2Cl)ccc1CN1CC2(CCC(=O)C2)C1. The van der Waals surface area contributed by atoms with E-state index < -0.39 is 5.97 Å². The van der Waals surface area contributed by atoms with E-state index in [1.165, 1.54) is 0 Å². The van der Waals surface area contributed by atoms with Crippen molar-refractivity contribution in [3.05, 3.63) is 86.9 Å². The summed E-state index contributed by atoms with van der Waals surface area (Å²) in [5.41, 5.74) is 7.68. The number of carbonyl (C=O) groups is 2. The minimum atomic E-state index is -0.780. The number of hydrogen-bond acceptors (Lipinski definition) is 9. The average molecular weight is 744 g/mol. The number of carbonyl (C=O) groups excluding carboxylic acids is 1. The van der Waals surface area contributed by atoms with Crippen LogP contribution in [0.25, 0.3) is 22.4 Å².